The van der Waals surface area contributed by atoms with Gasteiger partial charge in [0.2, 0.25) is 17.0 Å². The second-order valence-corrected chi connectivity index (χ2v) is 5.06. The topological polar surface area (TPSA) is 92.5 Å². The molecule has 0 atom stereocenters. The third-order valence-electron chi connectivity index (χ3n) is 2.81. The van der Waals surface area contributed by atoms with Gasteiger partial charge in [0.15, 0.2) is 0 Å². The number of likely N-dealkylation sites (N-methyl/N-ethyl adjacent to an activating group) is 1. The van der Waals surface area contributed by atoms with Crippen molar-refractivity contribution >= 4 is 29.0 Å². The van der Waals surface area contributed by atoms with Gasteiger partial charge in [-0.1, -0.05) is 6.92 Å². The Hall–Kier alpha value is -1.96. The Labute approximate surface area is 127 Å². The van der Waals surface area contributed by atoms with E-state index in [0.29, 0.717) is 13.0 Å². The molecule has 0 saturated carbocycles. The van der Waals surface area contributed by atoms with E-state index in [0.717, 1.165) is 0 Å². The van der Waals surface area contributed by atoms with Crippen molar-refractivity contribution in [1.82, 2.24) is 14.9 Å². The lowest BCUT2D eigenvalue weighted by Gasteiger charge is -2.24. The molecule has 0 aromatic carbocycles. The molecule has 0 radical (unpaired) electrons. The largest absolute Gasteiger partial charge is 0.347 e. The van der Waals surface area contributed by atoms with Crippen molar-refractivity contribution in [3.63, 3.8) is 0 Å². The minimum atomic E-state index is -0.552. The highest BCUT2D eigenvalue weighted by atomic mass is 35.5. The van der Waals surface area contributed by atoms with Crippen LogP contribution in [0.3, 0.4) is 0 Å². The first kappa shape index (κ1) is 17.1. The lowest BCUT2D eigenvalue weighted by molar-refractivity contribution is -0.385. The van der Waals surface area contributed by atoms with Crippen LogP contribution in [-0.4, -0.2) is 52.9 Å². The lowest BCUT2D eigenvalue weighted by atomic mass is 10.3. The van der Waals surface area contributed by atoms with Gasteiger partial charge in [-0.15, -0.1) is 0 Å². The Morgan fingerprint density at radius 1 is 1.38 bits per heavy atom. The zero-order chi connectivity index (χ0) is 16.2. The van der Waals surface area contributed by atoms with Gasteiger partial charge in [-0.3, -0.25) is 14.9 Å². The molecule has 1 amide bonds. The van der Waals surface area contributed by atoms with Crippen LogP contribution in [0.1, 0.15) is 19.0 Å². The van der Waals surface area contributed by atoms with Crippen molar-refractivity contribution in [3.8, 4) is 0 Å². The number of anilines is 1. The summed E-state index contributed by atoms with van der Waals surface area (Å²) >= 11 is 5.80. The first-order valence-corrected chi connectivity index (χ1v) is 6.79. The summed E-state index contributed by atoms with van der Waals surface area (Å²) in [4.78, 5) is 33.3. The van der Waals surface area contributed by atoms with E-state index in [2.05, 4.69) is 9.97 Å². The molecule has 8 nitrogen and oxygen atoms in total. The Morgan fingerprint density at radius 3 is 2.48 bits per heavy atom. The van der Waals surface area contributed by atoms with Crippen molar-refractivity contribution in [3.05, 3.63) is 21.1 Å². The van der Waals surface area contributed by atoms with Gasteiger partial charge in [-0.05, 0) is 24.9 Å². The molecule has 21 heavy (non-hydrogen) atoms. The third kappa shape index (κ3) is 4.25. The van der Waals surface area contributed by atoms with E-state index in [9.17, 15) is 14.9 Å². The smallest absolute Gasteiger partial charge is 0.332 e. The van der Waals surface area contributed by atoms with Crippen LogP contribution >= 0.6 is 11.6 Å². The standard InChI is InChI=1S/C12H18ClN5O3/c1-5-6-17(7-9(19)16(3)4)11-10(18(20)21)8(2)14-12(13)15-11/h5-7H2,1-4H3. The summed E-state index contributed by atoms with van der Waals surface area (Å²) in [7, 11) is 3.25. The molecule has 9 heteroatoms. The highest BCUT2D eigenvalue weighted by molar-refractivity contribution is 6.28. The Morgan fingerprint density at radius 2 is 2.00 bits per heavy atom. The average Bonchev–Trinajstić information content (AvgIpc) is 2.36. The highest BCUT2D eigenvalue weighted by Gasteiger charge is 2.27. The summed E-state index contributed by atoms with van der Waals surface area (Å²) < 4.78 is 0. The van der Waals surface area contributed by atoms with Crippen LogP contribution in [0.2, 0.25) is 5.28 Å². The van der Waals surface area contributed by atoms with Gasteiger partial charge < -0.3 is 9.80 Å². The molecule has 0 N–H and O–H groups in total. The van der Waals surface area contributed by atoms with E-state index >= 15 is 0 Å². The van der Waals surface area contributed by atoms with Crippen LogP contribution in [0, 0.1) is 17.0 Å². The molecule has 1 heterocycles. The summed E-state index contributed by atoms with van der Waals surface area (Å²) in [5.41, 5.74) is -0.0483. The average molecular weight is 316 g/mol. The van der Waals surface area contributed by atoms with Crippen LogP contribution in [0.5, 0.6) is 0 Å². The number of aryl methyl sites for hydroxylation is 1. The summed E-state index contributed by atoms with van der Waals surface area (Å²) in [5.74, 6) is -0.0975. The van der Waals surface area contributed by atoms with Gasteiger partial charge in [-0.2, -0.15) is 4.98 Å². The van der Waals surface area contributed by atoms with E-state index in [-0.39, 0.29) is 34.9 Å². The van der Waals surface area contributed by atoms with Crippen LogP contribution in [-0.2, 0) is 4.79 Å². The molecular weight excluding hydrogens is 298 g/mol. The molecule has 1 rings (SSSR count). The summed E-state index contributed by atoms with van der Waals surface area (Å²) in [6, 6.07) is 0. The molecule has 0 bridgehead atoms. The number of hydrogen-bond donors (Lipinski definition) is 0. The molecule has 0 saturated heterocycles. The van der Waals surface area contributed by atoms with E-state index in [1.54, 1.807) is 19.0 Å². The number of nitro groups is 1. The zero-order valence-corrected chi connectivity index (χ0v) is 13.2. The van der Waals surface area contributed by atoms with Crippen molar-refractivity contribution in [1.29, 1.82) is 0 Å². The van der Waals surface area contributed by atoms with E-state index < -0.39 is 4.92 Å². The minimum absolute atomic E-state index is 0.00549. The van der Waals surface area contributed by atoms with Crippen molar-refractivity contribution in [2.45, 2.75) is 20.3 Å². The molecule has 1 aromatic heterocycles. The van der Waals surface area contributed by atoms with Crippen LogP contribution < -0.4 is 4.90 Å². The van der Waals surface area contributed by atoms with Crippen LogP contribution in [0.4, 0.5) is 11.5 Å². The molecule has 0 aliphatic carbocycles. The number of rotatable bonds is 6. The first-order chi connectivity index (χ1) is 9.77. The second-order valence-electron chi connectivity index (χ2n) is 4.72. The lowest BCUT2D eigenvalue weighted by Crippen LogP contribution is -2.38. The summed E-state index contributed by atoms with van der Waals surface area (Å²) in [6.45, 7) is 3.85. The fourth-order valence-corrected chi connectivity index (χ4v) is 1.99. The molecule has 0 aliphatic rings. The number of amides is 1. The van der Waals surface area contributed by atoms with Crippen molar-refractivity contribution < 1.29 is 9.72 Å². The van der Waals surface area contributed by atoms with Gasteiger partial charge in [0.25, 0.3) is 0 Å². The number of carbonyl (C=O) groups excluding carboxylic acids is 1. The maximum absolute atomic E-state index is 11.9. The third-order valence-corrected chi connectivity index (χ3v) is 2.98. The normalized spacial score (nSPS) is 10.3. The molecule has 0 spiro atoms. The Balaban J connectivity index is 3.30. The van der Waals surface area contributed by atoms with Gasteiger partial charge in [-0.25, -0.2) is 4.98 Å². The molecule has 0 aliphatic heterocycles. The number of carbonyl (C=O) groups is 1. The van der Waals surface area contributed by atoms with Crippen molar-refractivity contribution in [2.24, 2.45) is 0 Å². The van der Waals surface area contributed by atoms with Gasteiger partial charge in [0, 0.05) is 20.6 Å². The molecule has 0 unspecified atom stereocenters. The zero-order valence-electron chi connectivity index (χ0n) is 12.5. The van der Waals surface area contributed by atoms with Gasteiger partial charge in [0.1, 0.15) is 5.69 Å². The quantitative estimate of drug-likeness (QED) is 0.450. The Bertz CT molecular complexity index is 550. The minimum Gasteiger partial charge on any atom is -0.347 e. The van der Waals surface area contributed by atoms with Gasteiger partial charge in [0.05, 0.1) is 11.5 Å². The van der Waals surface area contributed by atoms with E-state index in [4.69, 9.17) is 11.6 Å². The predicted octanol–water partition coefficient (Wildman–Crippen LogP) is 1.65. The number of hydrogen-bond acceptors (Lipinski definition) is 6. The SMILES string of the molecule is CCCN(CC(=O)N(C)C)c1nc(Cl)nc(C)c1[N+](=O)[O-]. The number of aromatic nitrogens is 2. The fourth-order valence-electron chi connectivity index (χ4n) is 1.79. The summed E-state index contributed by atoms with van der Waals surface area (Å²) in [5, 5.41) is 11.2. The highest BCUT2D eigenvalue weighted by Crippen LogP contribution is 2.29. The molecule has 0 fully saturated rings. The molecule has 1 aromatic rings. The van der Waals surface area contributed by atoms with E-state index in [1.807, 2.05) is 6.92 Å². The maximum atomic E-state index is 11.9. The van der Waals surface area contributed by atoms with Crippen LogP contribution in [0.25, 0.3) is 0 Å². The summed E-state index contributed by atoms with van der Waals surface area (Å²) in [6.07, 6.45) is 0.707. The fraction of sp³-hybridized carbons (Fsp3) is 0.583. The maximum Gasteiger partial charge on any atom is 0.332 e. The first-order valence-electron chi connectivity index (χ1n) is 6.41. The number of halogens is 1. The van der Waals surface area contributed by atoms with Crippen LogP contribution in [0.15, 0.2) is 0 Å². The number of nitrogens with zero attached hydrogens (tertiary/aromatic N) is 5. The molecule has 116 valence electrons. The Kier molecular flexibility index (Phi) is 5.83. The van der Waals surface area contributed by atoms with Gasteiger partial charge >= 0.3 is 5.69 Å². The van der Waals surface area contributed by atoms with E-state index in [1.165, 1.54) is 11.8 Å². The molecular formula is C12H18ClN5O3. The predicted molar refractivity (Wildman–Crippen MR) is 79.6 cm³/mol. The van der Waals surface area contributed by atoms with Crippen molar-refractivity contribution in [2.75, 3.05) is 32.1 Å². The second kappa shape index (κ2) is 7.16. The monoisotopic (exact) mass is 315 g/mol.